The lowest BCUT2D eigenvalue weighted by molar-refractivity contribution is 0.419. The molecule has 1 N–H and O–H groups in total. The highest BCUT2D eigenvalue weighted by atomic mass is 32.1. The van der Waals surface area contributed by atoms with Gasteiger partial charge in [0.1, 0.15) is 22.5 Å². The Kier molecular flexibility index (Phi) is 7.12. The monoisotopic (exact) mass is 679 g/mol. The van der Waals surface area contributed by atoms with E-state index in [2.05, 4.69) is 69.1 Å². The lowest BCUT2D eigenvalue weighted by Crippen LogP contribution is -2.07. The first-order chi connectivity index (χ1) is 21.3. The summed E-state index contributed by atoms with van der Waals surface area (Å²) < 4.78 is 45.9. The van der Waals surface area contributed by atoms with Crippen LogP contribution >= 0.6 is 45.3 Å². The summed E-state index contributed by atoms with van der Waals surface area (Å²) in [5, 5.41) is 13.2. The van der Waals surface area contributed by atoms with Gasteiger partial charge in [0, 0.05) is 40.0 Å². The van der Waals surface area contributed by atoms with Crippen LogP contribution in [0.2, 0.25) is 0 Å². The van der Waals surface area contributed by atoms with Gasteiger partial charge in [-0.1, -0.05) is 41.5 Å². The Morgan fingerprint density at radius 3 is 1.67 bits per heavy atom. The summed E-state index contributed by atoms with van der Waals surface area (Å²) in [5.41, 5.74) is 0.739. The van der Waals surface area contributed by atoms with E-state index in [1.807, 2.05) is 24.3 Å². The Hall–Kier alpha value is -3.38. The fraction of sp³-hybridized carbons (Fsp3) is 0.294. The number of H-pyrrole nitrogens is 1. The number of halogens is 2. The highest BCUT2D eigenvalue weighted by Gasteiger charge is 2.29. The van der Waals surface area contributed by atoms with Crippen molar-refractivity contribution >= 4 is 76.6 Å². The molecule has 0 saturated heterocycles. The molecule has 0 amide bonds. The number of aromatic amines is 1. The number of rotatable bonds is 5. The van der Waals surface area contributed by atoms with Gasteiger partial charge in [0.05, 0.1) is 34.7 Å². The second-order valence-electron chi connectivity index (χ2n) is 13.0. The number of ether oxygens (including phenoxy) is 2. The quantitative estimate of drug-likeness (QED) is 0.197. The minimum atomic E-state index is -0.930. The standard InChI is InChI=1S/C34H31F2N3O2S4/c1-33(2,3)21-12-11-19(43-21)24-26(36)25(35)23(27-28(24)38-39-37-27)18-10-9-17(42-18)20-13-15-29(40-7)32-16(30(41-8)31(15)44-20)14-22(45-32)34(4,5)6/h9-14H,1-8H3,(H,37,38,39). The molecule has 0 saturated carbocycles. The molecule has 5 heterocycles. The molecule has 7 rings (SSSR count). The van der Waals surface area contributed by atoms with Crippen LogP contribution in [0.5, 0.6) is 11.5 Å². The lowest BCUT2D eigenvalue weighted by Gasteiger charge is -2.15. The van der Waals surface area contributed by atoms with Gasteiger partial charge in [0.15, 0.2) is 11.6 Å². The highest BCUT2D eigenvalue weighted by molar-refractivity contribution is 7.27. The maximum Gasteiger partial charge on any atom is 0.170 e. The van der Waals surface area contributed by atoms with Crippen LogP contribution < -0.4 is 9.47 Å². The average Bonchev–Trinajstić information content (AvgIpc) is 3.80. The van der Waals surface area contributed by atoms with E-state index in [0.29, 0.717) is 20.8 Å². The fourth-order valence-electron chi connectivity index (χ4n) is 5.53. The maximum atomic E-state index is 16.0. The Morgan fingerprint density at radius 1 is 0.600 bits per heavy atom. The second kappa shape index (κ2) is 10.6. The lowest BCUT2D eigenvalue weighted by atomic mass is 9.94. The van der Waals surface area contributed by atoms with Crippen LogP contribution in [0.4, 0.5) is 8.78 Å². The number of methoxy groups -OCH3 is 2. The SMILES string of the molecule is COc1c2cc(C(C)(C)C)sc2c(OC)c2cc(-c3ccc(-c4c(F)c(F)c(-c5ccc(C(C)(C)C)s5)c5n[nH]nc45)s3)sc12. The van der Waals surface area contributed by atoms with Crippen molar-refractivity contribution in [2.45, 2.75) is 52.4 Å². The van der Waals surface area contributed by atoms with Crippen molar-refractivity contribution in [2.24, 2.45) is 0 Å². The van der Waals surface area contributed by atoms with Crippen LogP contribution in [0.25, 0.3) is 61.8 Å². The van der Waals surface area contributed by atoms with Crippen molar-refractivity contribution in [3.8, 4) is 42.1 Å². The number of nitrogens with zero attached hydrogens (tertiary/aromatic N) is 2. The molecule has 11 heteroatoms. The number of nitrogens with one attached hydrogen (secondary N) is 1. The van der Waals surface area contributed by atoms with Crippen LogP contribution in [0.15, 0.2) is 36.4 Å². The predicted molar refractivity (Wildman–Crippen MR) is 187 cm³/mol. The number of hydrogen-bond donors (Lipinski definition) is 1. The molecule has 45 heavy (non-hydrogen) atoms. The molecule has 7 aromatic rings. The first-order valence-corrected chi connectivity index (χ1v) is 17.6. The normalized spacial score (nSPS) is 12.7. The van der Waals surface area contributed by atoms with Crippen molar-refractivity contribution < 1.29 is 18.3 Å². The predicted octanol–water partition coefficient (Wildman–Crippen LogP) is 11.4. The largest absolute Gasteiger partial charge is 0.495 e. The van der Waals surface area contributed by atoms with E-state index in [1.54, 1.807) is 36.9 Å². The molecular weight excluding hydrogens is 649 g/mol. The van der Waals surface area contributed by atoms with Crippen molar-refractivity contribution in [1.82, 2.24) is 15.4 Å². The third-order valence-corrected chi connectivity index (χ3v) is 13.4. The summed E-state index contributed by atoms with van der Waals surface area (Å²) >= 11 is 6.15. The zero-order valence-corrected chi connectivity index (χ0v) is 29.3. The van der Waals surface area contributed by atoms with Gasteiger partial charge in [-0.15, -0.1) is 45.3 Å². The van der Waals surface area contributed by atoms with Gasteiger partial charge in [0.25, 0.3) is 0 Å². The molecule has 0 fully saturated rings. The molecule has 0 unspecified atom stereocenters. The summed E-state index contributed by atoms with van der Waals surface area (Å²) in [6, 6.07) is 11.9. The third-order valence-electron chi connectivity index (χ3n) is 7.85. The molecule has 2 aromatic carbocycles. The van der Waals surface area contributed by atoms with Gasteiger partial charge in [-0.2, -0.15) is 15.4 Å². The van der Waals surface area contributed by atoms with E-state index in [1.165, 1.54) is 27.6 Å². The number of hydrogen-bond acceptors (Lipinski definition) is 8. The van der Waals surface area contributed by atoms with E-state index in [-0.39, 0.29) is 22.0 Å². The molecule has 0 aliphatic rings. The first-order valence-electron chi connectivity index (χ1n) is 14.4. The summed E-state index contributed by atoms with van der Waals surface area (Å²) in [6.45, 7) is 12.9. The van der Waals surface area contributed by atoms with Crippen molar-refractivity contribution in [3.63, 3.8) is 0 Å². The van der Waals surface area contributed by atoms with E-state index in [0.717, 1.165) is 46.3 Å². The summed E-state index contributed by atoms with van der Waals surface area (Å²) in [5.74, 6) is -0.219. The van der Waals surface area contributed by atoms with Gasteiger partial charge in [-0.05, 0) is 47.2 Å². The van der Waals surface area contributed by atoms with Gasteiger partial charge in [-0.25, -0.2) is 8.78 Å². The van der Waals surface area contributed by atoms with Gasteiger partial charge in [-0.3, -0.25) is 0 Å². The average molecular weight is 680 g/mol. The number of thiophene rings is 4. The highest BCUT2D eigenvalue weighted by Crippen LogP contribution is 2.53. The maximum absolute atomic E-state index is 16.0. The molecule has 5 aromatic heterocycles. The Morgan fingerprint density at radius 2 is 1.11 bits per heavy atom. The molecule has 0 aliphatic heterocycles. The minimum absolute atomic E-state index is 0.00693. The number of aromatic nitrogens is 3. The van der Waals surface area contributed by atoms with Gasteiger partial charge < -0.3 is 9.47 Å². The summed E-state index contributed by atoms with van der Waals surface area (Å²) in [7, 11) is 3.39. The minimum Gasteiger partial charge on any atom is -0.495 e. The molecule has 0 spiro atoms. The van der Waals surface area contributed by atoms with Gasteiger partial charge >= 0.3 is 0 Å². The van der Waals surface area contributed by atoms with Crippen molar-refractivity contribution in [2.75, 3.05) is 14.2 Å². The molecule has 0 atom stereocenters. The van der Waals surface area contributed by atoms with E-state index < -0.39 is 11.6 Å². The van der Waals surface area contributed by atoms with E-state index in [4.69, 9.17) is 9.47 Å². The van der Waals surface area contributed by atoms with E-state index in [9.17, 15) is 0 Å². The Bertz CT molecular complexity index is 2200. The van der Waals surface area contributed by atoms with Crippen LogP contribution in [0.1, 0.15) is 51.3 Å². The molecule has 0 bridgehead atoms. The van der Waals surface area contributed by atoms with Crippen molar-refractivity contribution in [1.29, 1.82) is 0 Å². The molecule has 5 nitrogen and oxygen atoms in total. The number of fused-ring (bicyclic) bond motifs is 3. The first kappa shape index (κ1) is 30.3. The fourth-order valence-corrected chi connectivity index (χ4v) is 10.2. The van der Waals surface area contributed by atoms with Crippen LogP contribution in [-0.2, 0) is 10.8 Å². The third kappa shape index (κ3) is 4.78. The van der Waals surface area contributed by atoms with Crippen LogP contribution in [0, 0.1) is 11.6 Å². The zero-order chi connectivity index (χ0) is 32.0. The molecule has 0 aliphatic carbocycles. The van der Waals surface area contributed by atoms with Crippen LogP contribution in [0.3, 0.4) is 0 Å². The molecule has 0 radical (unpaired) electrons. The Labute approximate surface area is 275 Å². The summed E-state index contributed by atoms with van der Waals surface area (Å²) in [6.07, 6.45) is 0. The molecular formula is C34H31F2N3O2S4. The summed E-state index contributed by atoms with van der Waals surface area (Å²) in [4.78, 5) is 5.42. The topological polar surface area (TPSA) is 60.0 Å². The second-order valence-corrected chi connectivity index (χ2v) is 17.3. The zero-order valence-electron chi connectivity index (χ0n) is 26.1. The Balaban J connectivity index is 1.36. The van der Waals surface area contributed by atoms with Crippen molar-refractivity contribution in [3.05, 3.63) is 57.8 Å². The number of benzene rings is 2. The molecule has 232 valence electrons. The van der Waals surface area contributed by atoms with Gasteiger partial charge in [0.2, 0.25) is 0 Å². The van der Waals surface area contributed by atoms with E-state index >= 15 is 8.78 Å². The van der Waals surface area contributed by atoms with Crippen LogP contribution in [-0.4, -0.2) is 29.6 Å². The smallest absolute Gasteiger partial charge is 0.170 e.